The largest absolute Gasteiger partial charge is 0.485 e. The SMILES string of the molecule is O=C1C(=Cc2cccc(NC(=O)C(F)(F)F)c2)COc2c(F)cccc21. The summed E-state index contributed by atoms with van der Waals surface area (Å²) in [5.41, 5.74) is 0.598. The number of fused-ring (bicyclic) bond motifs is 1. The molecule has 3 rings (SSSR count). The van der Waals surface area contributed by atoms with Crippen molar-refractivity contribution < 1.29 is 31.9 Å². The molecule has 2 aromatic carbocycles. The van der Waals surface area contributed by atoms with Gasteiger partial charge in [-0.05, 0) is 35.9 Å². The Labute approximate surface area is 145 Å². The summed E-state index contributed by atoms with van der Waals surface area (Å²) < 4.78 is 55.9. The second kappa shape index (κ2) is 6.62. The molecule has 0 aliphatic carbocycles. The first-order chi connectivity index (χ1) is 12.3. The van der Waals surface area contributed by atoms with Crippen molar-refractivity contribution >= 4 is 23.5 Å². The maximum Gasteiger partial charge on any atom is 0.471 e. The smallest absolute Gasteiger partial charge is 0.471 e. The van der Waals surface area contributed by atoms with Gasteiger partial charge in [0, 0.05) is 11.3 Å². The van der Waals surface area contributed by atoms with Gasteiger partial charge in [0.15, 0.2) is 17.3 Å². The van der Waals surface area contributed by atoms with Gasteiger partial charge in [-0.15, -0.1) is 0 Å². The second-order valence-corrected chi connectivity index (χ2v) is 5.48. The predicted molar refractivity (Wildman–Crippen MR) is 85.3 cm³/mol. The number of amides is 1. The zero-order valence-electron chi connectivity index (χ0n) is 13.1. The lowest BCUT2D eigenvalue weighted by Gasteiger charge is -2.19. The van der Waals surface area contributed by atoms with Crippen LogP contribution in [-0.4, -0.2) is 24.5 Å². The Morgan fingerprint density at radius 1 is 1.15 bits per heavy atom. The molecule has 4 nitrogen and oxygen atoms in total. The molecule has 0 radical (unpaired) electrons. The van der Waals surface area contributed by atoms with Crippen molar-refractivity contribution in [1.82, 2.24) is 0 Å². The molecule has 0 saturated carbocycles. The third-order valence-corrected chi connectivity index (χ3v) is 3.62. The molecule has 1 amide bonds. The molecule has 1 heterocycles. The molecule has 26 heavy (non-hydrogen) atoms. The molecule has 0 bridgehead atoms. The maximum atomic E-state index is 13.6. The summed E-state index contributed by atoms with van der Waals surface area (Å²) in [6.07, 6.45) is -3.59. The highest BCUT2D eigenvalue weighted by atomic mass is 19.4. The first kappa shape index (κ1) is 17.7. The van der Waals surface area contributed by atoms with Crippen molar-refractivity contribution in [1.29, 1.82) is 0 Å². The molecule has 0 spiro atoms. The normalized spacial score (nSPS) is 15.4. The number of rotatable bonds is 2. The van der Waals surface area contributed by atoms with E-state index in [1.54, 1.807) is 11.4 Å². The van der Waals surface area contributed by atoms with Crippen LogP contribution in [0.3, 0.4) is 0 Å². The van der Waals surface area contributed by atoms with E-state index in [2.05, 4.69) is 0 Å². The number of anilines is 1. The summed E-state index contributed by atoms with van der Waals surface area (Å²) in [5.74, 6) is -3.30. The van der Waals surface area contributed by atoms with E-state index < -0.39 is 23.7 Å². The highest BCUT2D eigenvalue weighted by Gasteiger charge is 2.38. The van der Waals surface area contributed by atoms with E-state index >= 15 is 0 Å². The number of Topliss-reactive ketones (excluding diaryl/α,β-unsaturated/α-hetero) is 1. The topological polar surface area (TPSA) is 55.4 Å². The Bertz CT molecular complexity index is 919. The number of halogens is 4. The summed E-state index contributed by atoms with van der Waals surface area (Å²) >= 11 is 0. The average molecular weight is 365 g/mol. The van der Waals surface area contributed by atoms with Crippen LogP contribution in [0.1, 0.15) is 15.9 Å². The van der Waals surface area contributed by atoms with E-state index in [9.17, 15) is 27.2 Å². The lowest BCUT2D eigenvalue weighted by atomic mass is 9.98. The van der Waals surface area contributed by atoms with Crippen molar-refractivity contribution in [3.8, 4) is 5.75 Å². The zero-order chi connectivity index (χ0) is 18.9. The Morgan fingerprint density at radius 2 is 1.88 bits per heavy atom. The van der Waals surface area contributed by atoms with Gasteiger partial charge in [-0.3, -0.25) is 9.59 Å². The van der Waals surface area contributed by atoms with Crippen LogP contribution in [0, 0.1) is 5.82 Å². The van der Waals surface area contributed by atoms with E-state index in [-0.39, 0.29) is 29.2 Å². The Hall–Kier alpha value is -3.16. The van der Waals surface area contributed by atoms with Crippen LogP contribution in [0.15, 0.2) is 48.0 Å². The number of ether oxygens (including phenoxy) is 1. The Balaban J connectivity index is 1.86. The standard InChI is InChI=1S/C18H11F4NO3/c19-14-6-2-5-13-15(24)11(9-26-16(13)14)7-10-3-1-4-12(8-10)23-17(25)18(20,21)22/h1-8H,9H2,(H,23,25). The number of nitrogens with one attached hydrogen (secondary N) is 1. The molecule has 0 atom stereocenters. The number of benzene rings is 2. The van der Waals surface area contributed by atoms with Crippen LogP contribution in [0.25, 0.3) is 6.08 Å². The number of alkyl halides is 3. The van der Waals surface area contributed by atoms with Gasteiger partial charge in [-0.2, -0.15) is 13.2 Å². The number of ketones is 1. The quantitative estimate of drug-likeness (QED) is 0.647. The Morgan fingerprint density at radius 3 is 2.62 bits per heavy atom. The Kier molecular flexibility index (Phi) is 4.50. The summed E-state index contributed by atoms with van der Waals surface area (Å²) in [5, 5.41) is 1.73. The van der Waals surface area contributed by atoms with Gasteiger partial charge >= 0.3 is 12.1 Å². The van der Waals surface area contributed by atoms with Crippen LogP contribution in [0.4, 0.5) is 23.2 Å². The molecule has 0 aromatic heterocycles. The van der Waals surface area contributed by atoms with Crippen LogP contribution in [0.2, 0.25) is 0 Å². The van der Waals surface area contributed by atoms with E-state index in [0.717, 1.165) is 0 Å². The molecule has 8 heteroatoms. The molecule has 1 aliphatic heterocycles. The van der Waals surface area contributed by atoms with Crippen LogP contribution in [-0.2, 0) is 4.79 Å². The molecule has 1 N–H and O–H groups in total. The van der Waals surface area contributed by atoms with E-state index in [0.29, 0.717) is 5.56 Å². The fourth-order valence-corrected chi connectivity index (χ4v) is 2.44. The molecule has 1 aliphatic rings. The molecule has 0 saturated heterocycles. The summed E-state index contributed by atoms with van der Waals surface area (Å²) in [7, 11) is 0. The van der Waals surface area contributed by atoms with E-state index in [4.69, 9.17) is 4.74 Å². The van der Waals surface area contributed by atoms with Crippen molar-refractivity contribution in [3.63, 3.8) is 0 Å². The first-order valence-corrected chi connectivity index (χ1v) is 7.40. The van der Waals surface area contributed by atoms with Gasteiger partial charge in [0.05, 0.1) is 5.56 Å². The van der Waals surface area contributed by atoms with Crippen molar-refractivity contribution in [2.75, 3.05) is 11.9 Å². The third kappa shape index (κ3) is 3.58. The fourth-order valence-electron chi connectivity index (χ4n) is 2.44. The van der Waals surface area contributed by atoms with Gasteiger partial charge in [-0.1, -0.05) is 18.2 Å². The molecule has 0 unspecified atom stereocenters. The van der Waals surface area contributed by atoms with Gasteiger partial charge in [0.25, 0.3) is 0 Å². The van der Waals surface area contributed by atoms with Crippen molar-refractivity contribution in [3.05, 3.63) is 65.0 Å². The van der Waals surface area contributed by atoms with Crippen molar-refractivity contribution in [2.45, 2.75) is 6.18 Å². The van der Waals surface area contributed by atoms with Gasteiger partial charge in [0.1, 0.15) is 6.61 Å². The summed E-state index contributed by atoms with van der Waals surface area (Å²) in [6, 6.07) is 9.53. The van der Waals surface area contributed by atoms with E-state index in [1.165, 1.54) is 42.5 Å². The highest BCUT2D eigenvalue weighted by molar-refractivity contribution is 6.14. The maximum absolute atomic E-state index is 13.6. The number of carbonyl (C=O) groups excluding carboxylic acids is 2. The van der Waals surface area contributed by atoms with Gasteiger partial charge in [0.2, 0.25) is 0 Å². The van der Waals surface area contributed by atoms with Gasteiger partial charge < -0.3 is 10.1 Å². The minimum absolute atomic E-state index is 0.0719. The molecular weight excluding hydrogens is 354 g/mol. The molecule has 134 valence electrons. The zero-order valence-corrected chi connectivity index (χ0v) is 13.1. The fraction of sp³-hybridized carbons (Fsp3) is 0.111. The van der Waals surface area contributed by atoms with E-state index in [1.807, 2.05) is 0 Å². The highest BCUT2D eigenvalue weighted by Crippen LogP contribution is 2.30. The third-order valence-electron chi connectivity index (χ3n) is 3.62. The number of carbonyl (C=O) groups is 2. The monoisotopic (exact) mass is 365 g/mol. The summed E-state index contributed by atoms with van der Waals surface area (Å²) in [4.78, 5) is 23.4. The lowest BCUT2D eigenvalue weighted by Crippen LogP contribution is -2.29. The predicted octanol–water partition coefficient (Wildman–Crippen LogP) is 3.99. The van der Waals surface area contributed by atoms with Crippen molar-refractivity contribution in [2.24, 2.45) is 0 Å². The summed E-state index contributed by atoms with van der Waals surface area (Å²) in [6.45, 7) is -0.175. The van der Waals surface area contributed by atoms with Crippen LogP contribution >= 0.6 is 0 Å². The molecular formula is C18H11F4NO3. The van der Waals surface area contributed by atoms with Gasteiger partial charge in [-0.25, -0.2) is 4.39 Å². The minimum atomic E-state index is -5.00. The van der Waals surface area contributed by atoms with Crippen LogP contribution < -0.4 is 10.1 Å². The first-order valence-electron chi connectivity index (χ1n) is 7.40. The number of hydrogen-bond donors (Lipinski definition) is 1. The number of para-hydroxylation sites is 1. The second-order valence-electron chi connectivity index (χ2n) is 5.48. The average Bonchev–Trinajstić information content (AvgIpc) is 2.57. The molecule has 2 aromatic rings. The minimum Gasteiger partial charge on any atom is -0.485 e. The number of hydrogen-bond acceptors (Lipinski definition) is 3. The molecule has 0 fully saturated rings. The lowest BCUT2D eigenvalue weighted by molar-refractivity contribution is -0.167. The van der Waals surface area contributed by atoms with Crippen LogP contribution in [0.5, 0.6) is 5.75 Å².